The first kappa shape index (κ1) is 81.4. The van der Waals surface area contributed by atoms with E-state index in [1.165, 1.54) is 438 Å². The summed E-state index contributed by atoms with van der Waals surface area (Å²) in [5, 5.41) is 0. The summed E-state index contributed by atoms with van der Waals surface area (Å²) in [5.41, 5.74) is 0. The second-order valence-corrected chi connectivity index (χ2v) is 25.8. The van der Waals surface area contributed by atoms with Crippen molar-refractivity contribution in [2.24, 2.45) is 0 Å². The molecule has 0 aliphatic carbocycles. The molecular formula is C72H150I2N4. The first-order valence-electron chi connectivity index (χ1n) is 36.6. The van der Waals surface area contributed by atoms with Gasteiger partial charge in [0.15, 0.2) is 0 Å². The van der Waals surface area contributed by atoms with Crippen LogP contribution in [0.3, 0.4) is 0 Å². The lowest BCUT2D eigenvalue weighted by atomic mass is 10.0. The third-order valence-corrected chi connectivity index (χ3v) is 18.2. The topological polar surface area (TPSA) is 13.0 Å². The predicted molar refractivity (Wildman–Crippen MR) is 378 cm³/mol. The summed E-state index contributed by atoms with van der Waals surface area (Å²) in [4.78, 5) is 11.0. The van der Waals surface area contributed by atoms with Gasteiger partial charge in [-0.15, -0.1) is 48.0 Å². The Bertz CT molecular complexity index is 872. The molecule has 0 N–H and O–H groups in total. The van der Waals surface area contributed by atoms with Gasteiger partial charge < -0.3 is 19.6 Å². The van der Waals surface area contributed by atoms with Gasteiger partial charge in [-0.2, -0.15) is 0 Å². The first-order chi connectivity index (χ1) is 37.7. The molecule has 0 aromatic heterocycles. The van der Waals surface area contributed by atoms with Gasteiger partial charge in [0.1, 0.15) is 0 Å². The molecule has 472 valence electrons. The number of hydrogen-bond donors (Lipinski definition) is 0. The smallest absolute Gasteiger partial charge is 0.0110 e. The number of halogens is 2. The van der Waals surface area contributed by atoms with Crippen LogP contribution in [-0.4, -0.2) is 98.1 Å². The van der Waals surface area contributed by atoms with Gasteiger partial charge in [-0.3, -0.25) is 0 Å². The molecule has 2 fully saturated rings. The lowest BCUT2D eigenvalue weighted by molar-refractivity contribution is 0.129. The lowest BCUT2D eigenvalue weighted by Gasteiger charge is -2.34. The van der Waals surface area contributed by atoms with Gasteiger partial charge in [0.2, 0.25) is 0 Å². The number of unbranched alkanes of at least 4 members (excludes halogenated alkanes) is 52. The highest BCUT2D eigenvalue weighted by molar-refractivity contribution is 14.0. The van der Waals surface area contributed by atoms with Gasteiger partial charge in [-0.25, -0.2) is 0 Å². The molecule has 2 heterocycles. The molecule has 0 amide bonds. The minimum absolute atomic E-state index is 0. The van der Waals surface area contributed by atoms with E-state index in [0.717, 1.165) is 0 Å². The van der Waals surface area contributed by atoms with Crippen molar-refractivity contribution in [2.45, 2.75) is 387 Å². The highest BCUT2D eigenvalue weighted by atomic mass is 127. The van der Waals surface area contributed by atoms with Crippen molar-refractivity contribution < 1.29 is 0 Å². The van der Waals surface area contributed by atoms with Crippen molar-refractivity contribution in [1.29, 1.82) is 0 Å². The van der Waals surface area contributed by atoms with Gasteiger partial charge in [-0.1, -0.05) is 362 Å². The van der Waals surface area contributed by atoms with Crippen LogP contribution < -0.4 is 0 Å². The van der Waals surface area contributed by atoms with Crippen LogP contribution in [-0.2, 0) is 0 Å². The first-order valence-corrected chi connectivity index (χ1v) is 36.6. The van der Waals surface area contributed by atoms with Crippen LogP contribution in [0.25, 0.3) is 0 Å². The Morgan fingerprint density at radius 3 is 0.333 bits per heavy atom. The number of piperazine rings is 2. The van der Waals surface area contributed by atoms with Crippen molar-refractivity contribution in [1.82, 2.24) is 19.6 Å². The zero-order valence-electron chi connectivity index (χ0n) is 54.7. The van der Waals surface area contributed by atoms with Crippen molar-refractivity contribution in [3.63, 3.8) is 0 Å². The molecule has 2 saturated heterocycles. The number of rotatable bonds is 60. The van der Waals surface area contributed by atoms with Gasteiger partial charge in [-0.05, 0) is 51.9 Å². The Hall–Kier alpha value is 1.30. The standard InChI is InChI=1S/2C36H74N2.2HI/c2*1-3-5-7-9-11-13-15-17-19-21-23-25-27-29-31-37-33-35-38(36-34-37)32-30-28-26-24-22-20-18-16-14-12-10-8-6-4-2;;/h2*3-36H2,1-2H3;2*1H. The maximum atomic E-state index is 2.74. The largest absolute Gasteiger partial charge is 0.301 e. The zero-order valence-corrected chi connectivity index (χ0v) is 59.3. The highest BCUT2D eigenvalue weighted by Gasteiger charge is 2.17. The van der Waals surface area contributed by atoms with Crippen LogP contribution in [0.15, 0.2) is 0 Å². The molecule has 0 spiro atoms. The fourth-order valence-electron chi connectivity index (χ4n) is 12.6. The van der Waals surface area contributed by atoms with Crippen LogP contribution in [0, 0.1) is 0 Å². The third kappa shape index (κ3) is 61.8. The molecule has 0 bridgehead atoms. The number of nitrogens with zero attached hydrogens (tertiary/aromatic N) is 4. The third-order valence-electron chi connectivity index (χ3n) is 18.2. The zero-order chi connectivity index (χ0) is 54.4. The molecule has 78 heavy (non-hydrogen) atoms. The Morgan fingerprint density at radius 2 is 0.231 bits per heavy atom. The molecule has 4 nitrogen and oxygen atoms in total. The van der Waals surface area contributed by atoms with Gasteiger partial charge >= 0.3 is 0 Å². The van der Waals surface area contributed by atoms with E-state index in [1.54, 1.807) is 0 Å². The Kier molecular flexibility index (Phi) is 73.8. The summed E-state index contributed by atoms with van der Waals surface area (Å²) in [7, 11) is 0. The van der Waals surface area contributed by atoms with Crippen molar-refractivity contribution in [2.75, 3.05) is 78.5 Å². The van der Waals surface area contributed by atoms with E-state index in [9.17, 15) is 0 Å². The van der Waals surface area contributed by atoms with E-state index < -0.39 is 0 Å². The fraction of sp³-hybridized carbons (Fsp3) is 1.00. The lowest BCUT2D eigenvalue weighted by Crippen LogP contribution is -2.46. The molecular weight excluding hydrogens is 1170 g/mol. The highest BCUT2D eigenvalue weighted by Crippen LogP contribution is 2.18. The fourth-order valence-corrected chi connectivity index (χ4v) is 12.6. The normalized spacial score (nSPS) is 14.6. The average molecular weight is 1330 g/mol. The summed E-state index contributed by atoms with van der Waals surface area (Å²) in [6, 6.07) is 0. The van der Waals surface area contributed by atoms with Crippen LogP contribution >= 0.6 is 48.0 Å². The molecule has 0 aromatic carbocycles. The van der Waals surface area contributed by atoms with Crippen molar-refractivity contribution in [3.8, 4) is 0 Å². The molecule has 2 aliphatic heterocycles. The molecule has 0 unspecified atom stereocenters. The van der Waals surface area contributed by atoms with E-state index in [0.29, 0.717) is 0 Å². The van der Waals surface area contributed by atoms with E-state index in [2.05, 4.69) is 47.3 Å². The van der Waals surface area contributed by atoms with Crippen LogP contribution in [0.4, 0.5) is 0 Å². The Labute approximate surface area is 529 Å². The van der Waals surface area contributed by atoms with Crippen molar-refractivity contribution >= 4 is 48.0 Å². The summed E-state index contributed by atoms with van der Waals surface area (Å²) >= 11 is 0. The quantitative estimate of drug-likeness (QED) is 0.0444. The molecule has 6 heteroatoms. The van der Waals surface area contributed by atoms with Crippen LogP contribution in [0.2, 0.25) is 0 Å². The minimum Gasteiger partial charge on any atom is -0.301 e. The Morgan fingerprint density at radius 1 is 0.141 bits per heavy atom. The molecule has 2 rings (SSSR count). The maximum Gasteiger partial charge on any atom is 0.0110 e. The van der Waals surface area contributed by atoms with Crippen LogP contribution in [0.5, 0.6) is 0 Å². The molecule has 2 aliphatic rings. The average Bonchev–Trinajstić information content (AvgIpc) is 3.44. The molecule has 0 saturated carbocycles. The van der Waals surface area contributed by atoms with Gasteiger partial charge in [0, 0.05) is 52.4 Å². The van der Waals surface area contributed by atoms with E-state index >= 15 is 0 Å². The summed E-state index contributed by atoms with van der Waals surface area (Å²) in [6.07, 6.45) is 81.9. The minimum atomic E-state index is 0. The number of hydrogen-bond acceptors (Lipinski definition) is 4. The molecule has 0 radical (unpaired) electrons. The van der Waals surface area contributed by atoms with Gasteiger partial charge in [0.05, 0.1) is 0 Å². The molecule has 0 atom stereocenters. The van der Waals surface area contributed by atoms with Crippen LogP contribution in [0.1, 0.15) is 387 Å². The monoisotopic (exact) mass is 1320 g/mol. The van der Waals surface area contributed by atoms with E-state index in [1.807, 2.05) is 0 Å². The Balaban J connectivity index is 0. The maximum absolute atomic E-state index is 2.74. The summed E-state index contributed by atoms with van der Waals surface area (Å²) in [5.74, 6) is 0. The second-order valence-electron chi connectivity index (χ2n) is 25.8. The second kappa shape index (κ2) is 70.8. The summed E-state index contributed by atoms with van der Waals surface area (Å²) < 4.78 is 0. The van der Waals surface area contributed by atoms with E-state index in [4.69, 9.17) is 0 Å². The SMILES string of the molecule is CCCCCCCCCCCCCCCCN1CCN(CCCCCCCCCCCCCCCC)CC1.CCCCCCCCCCCCCCCCN1CCN(CCCCCCCCCCCCCCCC)CC1.I.I. The predicted octanol–water partition coefficient (Wildman–Crippen LogP) is 24.4. The van der Waals surface area contributed by atoms with Crippen molar-refractivity contribution in [3.05, 3.63) is 0 Å². The molecule has 0 aromatic rings. The van der Waals surface area contributed by atoms with E-state index in [-0.39, 0.29) is 48.0 Å². The van der Waals surface area contributed by atoms with Gasteiger partial charge in [0.25, 0.3) is 0 Å². The summed E-state index contributed by atoms with van der Waals surface area (Å²) in [6.45, 7) is 25.2.